The van der Waals surface area contributed by atoms with Crippen LogP contribution in [0, 0.1) is 6.92 Å². The first-order valence-electron chi connectivity index (χ1n) is 8.76. The second-order valence-electron chi connectivity index (χ2n) is 6.29. The van der Waals surface area contributed by atoms with Crippen molar-refractivity contribution in [3.8, 4) is 11.4 Å². The molecule has 0 radical (unpaired) electrons. The molecule has 2 amide bonds. The molecule has 2 aromatic carbocycles. The van der Waals surface area contributed by atoms with Crippen molar-refractivity contribution < 1.29 is 14.7 Å². The van der Waals surface area contributed by atoms with E-state index >= 15 is 0 Å². The molecule has 9 nitrogen and oxygen atoms in total. The number of aromatic hydroxyl groups is 1. The number of aromatic nitrogens is 2. The van der Waals surface area contributed by atoms with Gasteiger partial charge >= 0.3 is 11.8 Å². The zero-order valence-corrected chi connectivity index (χ0v) is 17.7. The number of carbonyl (C=O) groups excluding carboxylic acids is 2. The lowest BCUT2D eigenvalue weighted by molar-refractivity contribution is -0.136. The molecule has 3 N–H and O–H groups in total. The van der Waals surface area contributed by atoms with E-state index in [2.05, 4.69) is 31.8 Å². The SMILES string of the molecule is Cc1c(NC(=O)C(=O)NN=Cc2cc(Br)ccc2O)c(=O)n(-c2ccccc2)n1C. The topological polar surface area (TPSA) is 118 Å². The Morgan fingerprint density at radius 1 is 1.13 bits per heavy atom. The minimum absolute atomic E-state index is 0.00452. The fourth-order valence-corrected chi connectivity index (χ4v) is 3.10. The van der Waals surface area contributed by atoms with Crippen LogP contribution in [0.4, 0.5) is 5.69 Å². The van der Waals surface area contributed by atoms with Gasteiger partial charge in [0, 0.05) is 17.1 Å². The summed E-state index contributed by atoms with van der Waals surface area (Å²) in [4.78, 5) is 37.0. The summed E-state index contributed by atoms with van der Waals surface area (Å²) in [6.07, 6.45) is 1.20. The van der Waals surface area contributed by atoms with Crippen LogP contribution in [-0.2, 0) is 16.6 Å². The van der Waals surface area contributed by atoms with Crippen molar-refractivity contribution in [2.75, 3.05) is 5.32 Å². The monoisotopic (exact) mass is 471 g/mol. The number of rotatable bonds is 4. The molecule has 154 valence electrons. The number of nitrogens with one attached hydrogen (secondary N) is 2. The van der Waals surface area contributed by atoms with E-state index in [9.17, 15) is 19.5 Å². The molecular formula is C20H18BrN5O4. The van der Waals surface area contributed by atoms with Crippen LogP contribution < -0.4 is 16.3 Å². The van der Waals surface area contributed by atoms with Gasteiger partial charge in [0.05, 0.1) is 17.6 Å². The van der Waals surface area contributed by atoms with Crippen LogP contribution in [0.2, 0.25) is 0 Å². The fraction of sp³-hybridized carbons (Fsp3) is 0.100. The molecule has 0 atom stereocenters. The molecule has 0 unspecified atom stereocenters. The Balaban J connectivity index is 1.74. The molecule has 1 aromatic heterocycles. The van der Waals surface area contributed by atoms with Gasteiger partial charge in [-0.2, -0.15) is 5.10 Å². The molecule has 0 saturated carbocycles. The van der Waals surface area contributed by atoms with Crippen molar-refractivity contribution in [1.29, 1.82) is 0 Å². The number of hydrogen-bond acceptors (Lipinski definition) is 5. The number of para-hydroxylation sites is 1. The lowest BCUT2D eigenvalue weighted by Gasteiger charge is -2.07. The van der Waals surface area contributed by atoms with Crippen LogP contribution in [0.5, 0.6) is 5.75 Å². The molecule has 0 bridgehead atoms. The third-order valence-corrected chi connectivity index (χ3v) is 4.85. The van der Waals surface area contributed by atoms with Crippen molar-refractivity contribution >= 4 is 39.6 Å². The molecule has 1 heterocycles. The van der Waals surface area contributed by atoms with Crippen LogP contribution in [-0.4, -0.2) is 32.5 Å². The number of hydrogen-bond donors (Lipinski definition) is 3. The molecule has 0 fully saturated rings. The zero-order chi connectivity index (χ0) is 21.8. The maximum Gasteiger partial charge on any atom is 0.329 e. The Labute approximate surface area is 179 Å². The summed E-state index contributed by atoms with van der Waals surface area (Å²) in [7, 11) is 1.67. The van der Waals surface area contributed by atoms with Gasteiger partial charge in [0.25, 0.3) is 5.56 Å². The summed E-state index contributed by atoms with van der Waals surface area (Å²) in [6.45, 7) is 1.66. The Morgan fingerprint density at radius 2 is 1.83 bits per heavy atom. The zero-order valence-electron chi connectivity index (χ0n) is 16.1. The van der Waals surface area contributed by atoms with Gasteiger partial charge < -0.3 is 10.4 Å². The number of nitrogens with zero attached hydrogens (tertiary/aromatic N) is 3. The number of halogens is 1. The Hall–Kier alpha value is -3.66. The highest BCUT2D eigenvalue weighted by Gasteiger charge is 2.21. The number of benzene rings is 2. The smallest absolute Gasteiger partial charge is 0.329 e. The van der Waals surface area contributed by atoms with E-state index in [-0.39, 0.29) is 11.4 Å². The molecule has 0 aliphatic heterocycles. The van der Waals surface area contributed by atoms with Crippen LogP contribution >= 0.6 is 15.9 Å². The lowest BCUT2D eigenvalue weighted by atomic mass is 10.2. The Bertz CT molecular complexity index is 1200. The molecule has 0 spiro atoms. The number of amides is 2. The fourth-order valence-electron chi connectivity index (χ4n) is 2.72. The maximum atomic E-state index is 12.8. The largest absolute Gasteiger partial charge is 0.507 e. The lowest BCUT2D eigenvalue weighted by Crippen LogP contribution is -2.34. The Morgan fingerprint density at radius 3 is 2.53 bits per heavy atom. The predicted octanol–water partition coefficient (Wildman–Crippen LogP) is 2.04. The number of phenols is 1. The average Bonchev–Trinajstić information content (AvgIpc) is 2.94. The van der Waals surface area contributed by atoms with E-state index in [1.54, 1.807) is 55.1 Å². The first-order valence-corrected chi connectivity index (χ1v) is 9.56. The van der Waals surface area contributed by atoms with Gasteiger partial charge in [-0.25, -0.2) is 10.1 Å². The second kappa shape index (κ2) is 8.78. The predicted molar refractivity (Wildman–Crippen MR) is 116 cm³/mol. The van der Waals surface area contributed by atoms with Crippen LogP contribution in [0.25, 0.3) is 5.69 Å². The highest BCUT2D eigenvalue weighted by atomic mass is 79.9. The first kappa shape index (κ1) is 21.1. The quantitative estimate of drug-likeness (QED) is 0.306. The molecule has 0 saturated heterocycles. The number of carbonyl (C=O) groups is 2. The van der Waals surface area contributed by atoms with E-state index in [0.717, 1.165) is 0 Å². The van der Waals surface area contributed by atoms with Crippen LogP contribution in [0.1, 0.15) is 11.3 Å². The second-order valence-corrected chi connectivity index (χ2v) is 7.21. The van der Waals surface area contributed by atoms with E-state index < -0.39 is 17.4 Å². The van der Waals surface area contributed by atoms with Crippen molar-refractivity contribution in [2.45, 2.75) is 6.92 Å². The highest BCUT2D eigenvalue weighted by molar-refractivity contribution is 9.10. The minimum Gasteiger partial charge on any atom is -0.507 e. The summed E-state index contributed by atoms with van der Waals surface area (Å²) >= 11 is 3.26. The van der Waals surface area contributed by atoms with Gasteiger partial charge in [-0.3, -0.25) is 19.1 Å². The Kier molecular flexibility index (Phi) is 6.17. The van der Waals surface area contributed by atoms with Crippen molar-refractivity contribution in [1.82, 2.24) is 14.8 Å². The normalized spacial score (nSPS) is 10.9. The van der Waals surface area contributed by atoms with Crippen molar-refractivity contribution in [3.63, 3.8) is 0 Å². The van der Waals surface area contributed by atoms with Gasteiger partial charge in [0.15, 0.2) is 0 Å². The van der Waals surface area contributed by atoms with Gasteiger partial charge in [-0.1, -0.05) is 34.1 Å². The van der Waals surface area contributed by atoms with Crippen molar-refractivity contribution in [3.05, 3.63) is 74.6 Å². The van der Waals surface area contributed by atoms with Gasteiger partial charge in [-0.15, -0.1) is 0 Å². The molecule has 3 aromatic rings. The molecule has 3 rings (SSSR count). The summed E-state index contributed by atoms with van der Waals surface area (Å²) in [5.74, 6) is -2.15. The summed E-state index contributed by atoms with van der Waals surface area (Å²) in [6, 6.07) is 13.6. The third kappa shape index (κ3) is 4.33. The van der Waals surface area contributed by atoms with Gasteiger partial charge in [0.2, 0.25) is 0 Å². The standard InChI is InChI=1S/C20H18BrN5O4/c1-12-17(20(30)26(25(12)2)15-6-4-3-5-7-15)23-18(28)19(29)24-22-11-13-10-14(21)8-9-16(13)27/h3-11,27H,1-2H3,(H,23,28)(H,24,29). The first-order chi connectivity index (χ1) is 14.3. The van der Waals surface area contributed by atoms with Crippen molar-refractivity contribution in [2.24, 2.45) is 12.1 Å². The molecule has 0 aliphatic rings. The summed E-state index contributed by atoms with van der Waals surface area (Å²) in [5.41, 5.74) is 3.04. The van der Waals surface area contributed by atoms with E-state index in [4.69, 9.17) is 0 Å². The maximum absolute atomic E-state index is 12.8. The molecule has 30 heavy (non-hydrogen) atoms. The van der Waals surface area contributed by atoms with Gasteiger partial charge in [0.1, 0.15) is 11.4 Å². The number of hydrazone groups is 1. The van der Waals surface area contributed by atoms with E-state index in [0.29, 0.717) is 21.4 Å². The van der Waals surface area contributed by atoms with Crippen LogP contribution in [0.15, 0.2) is 62.9 Å². The number of anilines is 1. The third-order valence-electron chi connectivity index (χ3n) is 4.36. The van der Waals surface area contributed by atoms with E-state index in [1.165, 1.54) is 17.0 Å². The molecular weight excluding hydrogens is 454 g/mol. The van der Waals surface area contributed by atoms with Gasteiger partial charge in [-0.05, 0) is 37.3 Å². The molecule has 0 aliphatic carbocycles. The van der Waals surface area contributed by atoms with E-state index in [1.807, 2.05) is 6.07 Å². The highest BCUT2D eigenvalue weighted by Crippen LogP contribution is 2.20. The number of phenolic OH excluding ortho intramolecular Hbond substituents is 1. The summed E-state index contributed by atoms with van der Waals surface area (Å²) in [5, 5.41) is 15.8. The van der Waals surface area contributed by atoms with Crippen LogP contribution in [0.3, 0.4) is 0 Å². The minimum atomic E-state index is -1.06. The molecule has 10 heteroatoms. The average molecular weight is 472 g/mol. The summed E-state index contributed by atoms with van der Waals surface area (Å²) < 4.78 is 3.68.